The molecule has 0 atom stereocenters. The Morgan fingerprint density at radius 2 is 1.80 bits per heavy atom. The van der Waals surface area contributed by atoms with Gasteiger partial charge >= 0.3 is 5.97 Å². The van der Waals surface area contributed by atoms with Gasteiger partial charge in [-0.15, -0.1) is 0 Å². The van der Waals surface area contributed by atoms with Crippen LogP contribution >= 0.6 is 0 Å². The molecule has 4 nitrogen and oxygen atoms in total. The van der Waals surface area contributed by atoms with Crippen molar-refractivity contribution in [2.45, 2.75) is 13.3 Å². The van der Waals surface area contributed by atoms with Crippen molar-refractivity contribution < 1.29 is 14.3 Å². The minimum atomic E-state index is -0.337. The molecule has 0 heterocycles. The highest BCUT2D eigenvalue weighted by molar-refractivity contribution is 5.88. The van der Waals surface area contributed by atoms with Gasteiger partial charge in [-0.05, 0) is 29.8 Å². The number of benzene rings is 2. The zero-order valence-electron chi connectivity index (χ0n) is 11.1. The molecule has 0 aliphatic heterocycles. The molecule has 2 rings (SSSR count). The largest absolute Gasteiger partial charge is 0.426 e. The van der Waals surface area contributed by atoms with Crippen LogP contribution in [-0.4, -0.2) is 11.9 Å². The van der Waals surface area contributed by atoms with Gasteiger partial charge < -0.3 is 10.1 Å². The summed E-state index contributed by atoms with van der Waals surface area (Å²) in [7, 11) is 0. The van der Waals surface area contributed by atoms with Crippen LogP contribution in [0.4, 0.5) is 5.69 Å². The van der Waals surface area contributed by atoms with Crippen molar-refractivity contribution >= 4 is 17.6 Å². The number of carbonyl (C=O) groups excluding carboxylic acids is 2. The molecule has 0 radical (unpaired) electrons. The Kier molecular flexibility index (Phi) is 4.50. The number of carbonyl (C=O) groups is 2. The van der Waals surface area contributed by atoms with Gasteiger partial charge in [0.1, 0.15) is 5.75 Å². The summed E-state index contributed by atoms with van der Waals surface area (Å²) in [6.07, 6.45) is 0.155. The maximum Gasteiger partial charge on any atom is 0.315 e. The minimum Gasteiger partial charge on any atom is -0.426 e. The predicted molar refractivity (Wildman–Crippen MR) is 76.5 cm³/mol. The average Bonchev–Trinajstić information content (AvgIpc) is 2.39. The van der Waals surface area contributed by atoms with Crippen molar-refractivity contribution in [2.24, 2.45) is 0 Å². The van der Waals surface area contributed by atoms with E-state index in [-0.39, 0.29) is 18.3 Å². The first kappa shape index (κ1) is 13.8. The second kappa shape index (κ2) is 6.52. The van der Waals surface area contributed by atoms with Crippen molar-refractivity contribution in [1.29, 1.82) is 0 Å². The van der Waals surface area contributed by atoms with E-state index in [4.69, 9.17) is 4.74 Å². The van der Waals surface area contributed by atoms with Gasteiger partial charge in [-0.25, -0.2) is 0 Å². The summed E-state index contributed by atoms with van der Waals surface area (Å²) < 4.78 is 5.21. The van der Waals surface area contributed by atoms with Crippen LogP contribution in [0.25, 0.3) is 0 Å². The lowest BCUT2D eigenvalue weighted by atomic mass is 10.1. The third kappa shape index (κ3) is 4.24. The Bertz CT molecular complexity index is 608. The SMILES string of the molecule is CC(=O)Nc1cccc(CC(=O)Oc2ccccc2)c1. The molecule has 0 aliphatic carbocycles. The number of hydrogen-bond acceptors (Lipinski definition) is 3. The van der Waals surface area contributed by atoms with Gasteiger partial charge in [0.2, 0.25) is 5.91 Å². The number of para-hydroxylation sites is 1. The normalized spacial score (nSPS) is 9.85. The van der Waals surface area contributed by atoms with Gasteiger partial charge in [0.15, 0.2) is 0 Å². The van der Waals surface area contributed by atoms with E-state index in [9.17, 15) is 9.59 Å². The molecule has 20 heavy (non-hydrogen) atoms. The lowest BCUT2D eigenvalue weighted by molar-refractivity contribution is -0.133. The van der Waals surface area contributed by atoms with Crippen molar-refractivity contribution in [2.75, 3.05) is 5.32 Å². The number of hydrogen-bond donors (Lipinski definition) is 1. The number of esters is 1. The molecule has 1 amide bonds. The summed E-state index contributed by atoms with van der Waals surface area (Å²) in [5.74, 6) is 0.0423. The lowest BCUT2D eigenvalue weighted by Gasteiger charge is -2.06. The second-order valence-electron chi connectivity index (χ2n) is 4.35. The number of amides is 1. The molecular weight excluding hydrogens is 254 g/mol. The van der Waals surface area contributed by atoms with E-state index in [0.29, 0.717) is 11.4 Å². The van der Waals surface area contributed by atoms with Crippen LogP contribution in [0.3, 0.4) is 0 Å². The van der Waals surface area contributed by atoms with Crippen molar-refractivity contribution in [3.8, 4) is 5.75 Å². The van der Waals surface area contributed by atoms with Gasteiger partial charge in [-0.1, -0.05) is 30.3 Å². The quantitative estimate of drug-likeness (QED) is 0.686. The summed E-state index contributed by atoms with van der Waals surface area (Å²) in [4.78, 5) is 22.8. The molecule has 0 saturated heterocycles. The predicted octanol–water partition coefficient (Wildman–Crippen LogP) is 2.79. The van der Waals surface area contributed by atoms with E-state index < -0.39 is 0 Å². The van der Waals surface area contributed by atoms with Gasteiger partial charge in [-0.3, -0.25) is 9.59 Å². The monoisotopic (exact) mass is 269 g/mol. The molecule has 0 fully saturated rings. The Morgan fingerprint density at radius 3 is 2.50 bits per heavy atom. The molecule has 102 valence electrons. The molecule has 0 spiro atoms. The Morgan fingerprint density at radius 1 is 1.05 bits per heavy atom. The van der Waals surface area contributed by atoms with Gasteiger partial charge in [0.25, 0.3) is 0 Å². The summed E-state index contributed by atoms with van der Waals surface area (Å²) in [5, 5.41) is 2.68. The van der Waals surface area contributed by atoms with E-state index >= 15 is 0 Å². The van der Waals surface area contributed by atoms with Crippen LogP contribution in [0.15, 0.2) is 54.6 Å². The van der Waals surface area contributed by atoms with Gasteiger partial charge in [0, 0.05) is 12.6 Å². The van der Waals surface area contributed by atoms with Crippen molar-refractivity contribution in [3.63, 3.8) is 0 Å². The summed E-state index contributed by atoms with van der Waals surface area (Å²) in [5.41, 5.74) is 1.46. The fraction of sp³-hybridized carbons (Fsp3) is 0.125. The topological polar surface area (TPSA) is 55.4 Å². The molecular formula is C16H15NO3. The smallest absolute Gasteiger partial charge is 0.315 e. The molecule has 0 bridgehead atoms. The molecule has 4 heteroatoms. The third-order valence-electron chi connectivity index (χ3n) is 2.57. The first-order valence-corrected chi connectivity index (χ1v) is 6.26. The maximum absolute atomic E-state index is 11.8. The van der Waals surface area contributed by atoms with Crippen LogP contribution < -0.4 is 10.1 Å². The second-order valence-corrected chi connectivity index (χ2v) is 4.35. The van der Waals surface area contributed by atoms with Crippen LogP contribution in [0.2, 0.25) is 0 Å². The Balaban J connectivity index is 1.99. The molecule has 0 aromatic heterocycles. The summed E-state index contributed by atoms with van der Waals surface area (Å²) in [6, 6.07) is 16.1. The maximum atomic E-state index is 11.8. The molecule has 2 aromatic carbocycles. The van der Waals surface area contributed by atoms with Crippen LogP contribution in [0, 0.1) is 0 Å². The molecule has 2 aromatic rings. The zero-order chi connectivity index (χ0) is 14.4. The molecule has 0 unspecified atom stereocenters. The fourth-order valence-electron chi connectivity index (χ4n) is 1.79. The van der Waals surface area contributed by atoms with E-state index in [2.05, 4.69) is 5.32 Å². The van der Waals surface area contributed by atoms with Crippen LogP contribution in [0.1, 0.15) is 12.5 Å². The number of anilines is 1. The number of nitrogens with one attached hydrogen (secondary N) is 1. The zero-order valence-corrected chi connectivity index (χ0v) is 11.1. The fourth-order valence-corrected chi connectivity index (χ4v) is 1.79. The van der Waals surface area contributed by atoms with Gasteiger partial charge in [0.05, 0.1) is 6.42 Å². The average molecular weight is 269 g/mol. The first-order chi connectivity index (χ1) is 9.63. The van der Waals surface area contributed by atoms with Crippen LogP contribution in [0.5, 0.6) is 5.75 Å². The van der Waals surface area contributed by atoms with E-state index in [1.807, 2.05) is 12.1 Å². The number of ether oxygens (including phenoxy) is 1. The highest BCUT2D eigenvalue weighted by Gasteiger charge is 2.07. The van der Waals surface area contributed by atoms with Gasteiger partial charge in [-0.2, -0.15) is 0 Å². The Labute approximate surface area is 117 Å². The molecule has 0 aliphatic rings. The van der Waals surface area contributed by atoms with E-state index in [0.717, 1.165) is 5.56 Å². The summed E-state index contributed by atoms with van der Waals surface area (Å²) >= 11 is 0. The van der Waals surface area contributed by atoms with Crippen molar-refractivity contribution in [3.05, 3.63) is 60.2 Å². The third-order valence-corrected chi connectivity index (χ3v) is 2.57. The lowest BCUT2D eigenvalue weighted by Crippen LogP contribution is -2.12. The molecule has 1 N–H and O–H groups in total. The first-order valence-electron chi connectivity index (χ1n) is 6.26. The van der Waals surface area contributed by atoms with Crippen LogP contribution in [-0.2, 0) is 16.0 Å². The van der Waals surface area contributed by atoms with E-state index in [1.165, 1.54) is 6.92 Å². The molecule has 0 saturated carbocycles. The highest BCUT2D eigenvalue weighted by atomic mass is 16.5. The van der Waals surface area contributed by atoms with E-state index in [1.54, 1.807) is 42.5 Å². The van der Waals surface area contributed by atoms with Crippen molar-refractivity contribution in [1.82, 2.24) is 0 Å². The standard InChI is InChI=1S/C16H15NO3/c1-12(18)17-14-7-5-6-13(10-14)11-16(19)20-15-8-3-2-4-9-15/h2-10H,11H2,1H3,(H,17,18). The number of rotatable bonds is 4. The summed E-state index contributed by atoms with van der Waals surface area (Å²) in [6.45, 7) is 1.44. The minimum absolute atomic E-state index is 0.144. The highest BCUT2D eigenvalue weighted by Crippen LogP contribution is 2.13. The Hall–Kier alpha value is -2.62.